The Bertz CT molecular complexity index is 211. The molecular formula is C18H37O3Zn. The standard InChI is InChI=1S/C18H36O2.H2O.Zn/c1-2-3-4-5-6-7-8-9-10-11-12-13-14-15-16-17-18(19)20;;/h2-17H2,1H3,(H,19,20);1H2;/q;;+1/p-1. The zero-order valence-corrected chi connectivity index (χ0v) is 17.8. The summed E-state index contributed by atoms with van der Waals surface area (Å²) in [6.07, 6.45) is 20.2. The van der Waals surface area contributed by atoms with Crippen molar-refractivity contribution in [2.45, 2.75) is 110 Å². The fourth-order valence-electron chi connectivity index (χ4n) is 2.65. The topological polar surface area (TPSA) is 57.5 Å². The van der Waals surface area contributed by atoms with E-state index < -0.39 is 5.97 Å². The maximum atomic E-state index is 10.3. The average molecular weight is 367 g/mol. The van der Waals surface area contributed by atoms with E-state index in [0.717, 1.165) is 12.8 Å². The van der Waals surface area contributed by atoms with E-state index in [2.05, 4.69) is 6.92 Å². The predicted octanol–water partition coefficient (Wildman–Crippen LogP) is 5.77. The molecule has 0 aromatic carbocycles. The molecule has 0 atom stereocenters. The van der Waals surface area contributed by atoms with Crippen molar-refractivity contribution in [1.29, 1.82) is 0 Å². The van der Waals surface area contributed by atoms with E-state index in [4.69, 9.17) is 9.04 Å². The maximum absolute atomic E-state index is 10.3. The Kier molecular flexibility index (Phi) is 25.8. The third kappa shape index (κ3) is 25.0. The molecule has 129 valence electrons. The van der Waals surface area contributed by atoms with Gasteiger partial charge in [0.25, 0.3) is 0 Å². The molecule has 0 fully saturated rings. The van der Waals surface area contributed by atoms with E-state index in [1.165, 1.54) is 83.5 Å². The number of unbranched alkanes of at least 4 members (excludes halogenated alkanes) is 14. The first-order valence-electron chi connectivity index (χ1n) is 9.30. The van der Waals surface area contributed by atoms with Gasteiger partial charge in [-0.2, -0.15) is 0 Å². The SMILES string of the molecule is CCCCCCCCCCCCCCCCCC(=O)O.[OH][Zn]. The van der Waals surface area contributed by atoms with Crippen molar-refractivity contribution >= 4 is 5.97 Å². The Morgan fingerprint density at radius 2 is 0.909 bits per heavy atom. The molecular weight excluding hydrogens is 330 g/mol. The number of rotatable bonds is 16. The molecule has 0 spiro atoms. The average Bonchev–Trinajstić information content (AvgIpc) is 2.53. The van der Waals surface area contributed by atoms with E-state index in [9.17, 15) is 4.79 Å². The first-order chi connectivity index (χ1) is 10.8. The summed E-state index contributed by atoms with van der Waals surface area (Å²) < 4.78 is 7.12. The molecule has 0 rings (SSSR count). The van der Waals surface area contributed by atoms with Gasteiger partial charge in [0.1, 0.15) is 0 Å². The normalized spacial score (nSPS) is 10.2. The summed E-state index contributed by atoms with van der Waals surface area (Å²) >= 11 is 0.375. The van der Waals surface area contributed by atoms with Crippen LogP contribution < -0.4 is 0 Å². The van der Waals surface area contributed by atoms with Crippen LogP contribution in [-0.2, 0) is 23.5 Å². The molecule has 4 heteroatoms. The quantitative estimate of drug-likeness (QED) is 0.269. The van der Waals surface area contributed by atoms with Crippen LogP contribution in [-0.4, -0.2) is 15.0 Å². The molecule has 0 aliphatic carbocycles. The molecule has 0 unspecified atom stereocenters. The van der Waals surface area contributed by atoms with Crippen LogP contribution in [0.3, 0.4) is 0 Å². The molecule has 0 bridgehead atoms. The van der Waals surface area contributed by atoms with Gasteiger partial charge in [0.2, 0.25) is 0 Å². The molecule has 0 heterocycles. The monoisotopic (exact) mass is 365 g/mol. The number of hydrogen-bond acceptors (Lipinski definition) is 2. The van der Waals surface area contributed by atoms with Crippen LogP contribution in [0.1, 0.15) is 110 Å². The molecule has 2 N–H and O–H groups in total. The first-order valence-corrected chi connectivity index (χ1v) is 10.6. The molecule has 0 aliphatic heterocycles. The first kappa shape index (κ1) is 24.3. The van der Waals surface area contributed by atoms with Crippen LogP contribution in [0.15, 0.2) is 0 Å². The summed E-state index contributed by atoms with van der Waals surface area (Å²) in [5.41, 5.74) is 0. The Labute approximate surface area is 148 Å². The van der Waals surface area contributed by atoms with Crippen molar-refractivity contribution in [2.24, 2.45) is 0 Å². The number of carboxylic acid groups (broad SMARTS) is 1. The van der Waals surface area contributed by atoms with Crippen molar-refractivity contribution in [2.75, 3.05) is 0 Å². The van der Waals surface area contributed by atoms with Crippen LogP contribution >= 0.6 is 0 Å². The zero-order valence-electron chi connectivity index (χ0n) is 14.8. The number of aliphatic carboxylic acids is 1. The van der Waals surface area contributed by atoms with E-state index >= 15 is 0 Å². The molecule has 3 nitrogen and oxygen atoms in total. The van der Waals surface area contributed by atoms with Gasteiger partial charge in [-0.1, -0.05) is 96.8 Å². The summed E-state index contributed by atoms with van der Waals surface area (Å²) in [6, 6.07) is 0. The summed E-state index contributed by atoms with van der Waals surface area (Å²) in [5.74, 6) is -0.653. The molecule has 0 amide bonds. The second kappa shape index (κ2) is 23.3. The van der Waals surface area contributed by atoms with Gasteiger partial charge in [-0.3, -0.25) is 4.79 Å². The molecule has 0 aromatic heterocycles. The summed E-state index contributed by atoms with van der Waals surface area (Å²) in [7, 11) is 0. The van der Waals surface area contributed by atoms with E-state index in [1.54, 1.807) is 0 Å². The van der Waals surface area contributed by atoms with Crippen molar-refractivity contribution in [1.82, 2.24) is 0 Å². The van der Waals surface area contributed by atoms with Gasteiger partial charge in [-0.25, -0.2) is 0 Å². The van der Waals surface area contributed by atoms with Crippen LogP contribution in [0.2, 0.25) is 0 Å². The van der Waals surface area contributed by atoms with Gasteiger partial charge in [-0.05, 0) is 6.42 Å². The Balaban J connectivity index is 0. The van der Waals surface area contributed by atoms with Crippen LogP contribution in [0.25, 0.3) is 0 Å². The summed E-state index contributed by atoms with van der Waals surface area (Å²) in [4.78, 5) is 10.3. The van der Waals surface area contributed by atoms with Crippen molar-refractivity contribution < 1.29 is 32.5 Å². The minimum absolute atomic E-state index is 0.345. The molecule has 0 saturated heterocycles. The predicted molar refractivity (Wildman–Crippen MR) is 89.4 cm³/mol. The van der Waals surface area contributed by atoms with Crippen molar-refractivity contribution in [3.05, 3.63) is 0 Å². The molecule has 0 saturated carbocycles. The molecule has 22 heavy (non-hydrogen) atoms. The Morgan fingerprint density at radius 3 is 1.18 bits per heavy atom. The van der Waals surface area contributed by atoms with Crippen LogP contribution in [0, 0.1) is 0 Å². The number of carboxylic acids is 1. The fraction of sp³-hybridized carbons (Fsp3) is 0.944. The minimum atomic E-state index is -0.653. The third-order valence-electron chi connectivity index (χ3n) is 3.99. The third-order valence-corrected chi connectivity index (χ3v) is 3.99. The summed E-state index contributed by atoms with van der Waals surface area (Å²) in [5, 5.41) is 8.52. The van der Waals surface area contributed by atoms with Crippen LogP contribution in [0.5, 0.6) is 0 Å². The fourth-order valence-corrected chi connectivity index (χ4v) is 2.65. The zero-order chi connectivity index (χ0) is 16.9. The molecule has 0 aromatic rings. The van der Waals surface area contributed by atoms with Crippen LogP contribution in [0.4, 0.5) is 0 Å². The summed E-state index contributed by atoms with van der Waals surface area (Å²) in [6.45, 7) is 2.27. The van der Waals surface area contributed by atoms with E-state index in [-0.39, 0.29) is 0 Å². The van der Waals surface area contributed by atoms with Crippen molar-refractivity contribution in [3.63, 3.8) is 0 Å². The van der Waals surface area contributed by atoms with Gasteiger partial charge >= 0.3 is 28.6 Å². The molecule has 0 aliphatic rings. The van der Waals surface area contributed by atoms with E-state index in [0.29, 0.717) is 25.1 Å². The second-order valence-corrected chi connectivity index (χ2v) is 6.09. The Hall–Kier alpha value is 0.0534. The van der Waals surface area contributed by atoms with Gasteiger partial charge < -0.3 is 5.11 Å². The van der Waals surface area contributed by atoms with Gasteiger partial charge in [0.15, 0.2) is 0 Å². The van der Waals surface area contributed by atoms with Gasteiger partial charge in [0.05, 0.1) is 0 Å². The van der Waals surface area contributed by atoms with Crippen molar-refractivity contribution in [3.8, 4) is 0 Å². The number of hydrogen-bond donors (Lipinski definition) is 2. The molecule has 0 radical (unpaired) electrons. The van der Waals surface area contributed by atoms with Gasteiger partial charge in [-0.15, -0.1) is 0 Å². The van der Waals surface area contributed by atoms with Gasteiger partial charge in [0, 0.05) is 6.42 Å². The number of carbonyl (C=O) groups is 1. The van der Waals surface area contributed by atoms with E-state index in [1.807, 2.05) is 0 Å². The Morgan fingerprint density at radius 1 is 0.636 bits per heavy atom. The second-order valence-electron chi connectivity index (χ2n) is 6.09.